The molecule has 0 aliphatic rings. The monoisotopic (exact) mass is 449 g/mol. The Morgan fingerprint density at radius 1 is 1.41 bits per heavy atom. The topological polar surface area (TPSA) is 81.5 Å². The fraction of sp³-hybridized carbons (Fsp3) is 0.158. The zero-order valence-corrected chi connectivity index (χ0v) is 17.0. The third kappa shape index (κ3) is 4.40. The summed E-state index contributed by atoms with van der Waals surface area (Å²) in [5.74, 6) is 1.07. The predicted molar refractivity (Wildman–Crippen MR) is 107 cm³/mol. The van der Waals surface area contributed by atoms with Gasteiger partial charge in [0.15, 0.2) is 17.3 Å². The standard InChI is InChI=1S/C19H16BrNO5S/c1-3-25-15-8-11(7-12(20)18(15)24-2)9-16-19(23)21-17(27-16)10-13(22)14-5-4-6-26-14/h4-10H,3H2,1-2H3,(H,21,23)/b16-9-,17-10-. The van der Waals surface area contributed by atoms with E-state index in [-0.39, 0.29) is 17.1 Å². The van der Waals surface area contributed by atoms with Crippen LogP contribution in [0.4, 0.5) is 0 Å². The van der Waals surface area contributed by atoms with Gasteiger partial charge in [-0.2, -0.15) is 0 Å². The summed E-state index contributed by atoms with van der Waals surface area (Å²) in [4.78, 5) is 27.0. The molecule has 0 unspecified atom stereocenters. The maximum Gasteiger partial charge on any atom is 0.266 e. The Kier molecular flexibility index (Phi) is 5.98. The second kappa shape index (κ2) is 8.41. The molecule has 140 valence electrons. The molecular weight excluding hydrogens is 434 g/mol. The van der Waals surface area contributed by atoms with Crippen molar-refractivity contribution >= 4 is 45.2 Å². The molecule has 1 N–H and O–H groups in total. The van der Waals surface area contributed by atoms with Crippen molar-refractivity contribution in [3.05, 3.63) is 65.9 Å². The van der Waals surface area contributed by atoms with Crippen LogP contribution >= 0.6 is 27.3 Å². The normalized spacial score (nSPS) is 12.4. The number of hydrogen-bond donors (Lipinski definition) is 1. The van der Waals surface area contributed by atoms with Gasteiger partial charge in [-0.25, -0.2) is 0 Å². The highest BCUT2D eigenvalue weighted by Crippen LogP contribution is 2.36. The molecule has 8 heteroatoms. The molecule has 2 aromatic heterocycles. The van der Waals surface area contributed by atoms with Crippen molar-refractivity contribution in [3.8, 4) is 11.5 Å². The molecule has 0 aliphatic carbocycles. The Morgan fingerprint density at radius 3 is 2.89 bits per heavy atom. The number of ketones is 1. The number of thiazole rings is 1. The Hall–Kier alpha value is -2.58. The van der Waals surface area contributed by atoms with Crippen LogP contribution in [0.2, 0.25) is 0 Å². The quantitative estimate of drug-likeness (QED) is 0.585. The van der Waals surface area contributed by atoms with Gasteiger partial charge in [0.2, 0.25) is 5.78 Å². The number of furan rings is 1. The lowest BCUT2D eigenvalue weighted by Gasteiger charge is -2.11. The lowest BCUT2D eigenvalue weighted by Crippen LogP contribution is -2.20. The van der Waals surface area contributed by atoms with Gasteiger partial charge in [0.1, 0.15) is 0 Å². The van der Waals surface area contributed by atoms with Crippen LogP contribution in [0.3, 0.4) is 0 Å². The number of hydrogen-bond acceptors (Lipinski definition) is 6. The van der Waals surface area contributed by atoms with E-state index in [4.69, 9.17) is 13.9 Å². The van der Waals surface area contributed by atoms with Gasteiger partial charge >= 0.3 is 0 Å². The first-order valence-corrected chi connectivity index (χ1v) is 9.63. The Bertz CT molecular complexity index is 1130. The van der Waals surface area contributed by atoms with Crippen LogP contribution in [0.5, 0.6) is 11.5 Å². The highest BCUT2D eigenvalue weighted by atomic mass is 79.9. The number of aromatic amines is 1. The third-order valence-electron chi connectivity index (χ3n) is 3.54. The lowest BCUT2D eigenvalue weighted by molar-refractivity contribution is 0.103. The molecule has 0 amide bonds. The molecule has 0 aliphatic heterocycles. The molecular formula is C19H16BrNO5S. The Morgan fingerprint density at radius 2 is 2.22 bits per heavy atom. The van der Waals surface area contributed by atoms with E-state index in [1.54, 1.807) is 31.4 Å². The van der Waals surface area contributed by atoms with Gasteiger partial charge in [-0.15, -0.1) is 11.3 Å². The maximum atomic E-state index is 12.2. The van der Waals surface area contributed by atoms with Gasteiger partial charge < -0.3 is 18.9 Å². The number of carbonyl (C=O) groups is 1. The van der Waals surface area contributed by atoms with Gasteiger partial charge in [-0.1, -0.05) is 0 Å². The number of halogens is 1. The molecule has 6 nitrogen and oxygen atoms in total. The van der Waals surface area contributed by atoms with E-state index in [0.29, 0.717) is 27.3 Å². The second-order valence-corrected chi connectivity index (χ2v) is 7.32. The Labute approximate surface area is 166 Å². The first-order chi connectivity index (χ1) is 13.0. The number of Topliss-reactive ketones (excluding diaryl/α,β-unsaturated/α-hetero) is 1. The highest BCUT2D eigenvalue weighted by Gasteiger charge is 2.11. The molecule has 3 aromatic rings. The summed E-state index contributed by atoms with van der Waals surface area (Å²) in [7, 11) is 1.56. The molecule has 0 bridgehead atoms. The Balaban J connectivity index is 2.02. The predicted octanol–water partition coefficient (Wildman–Crippen LogP) is 2.69. The number of ether oxygens (including phenoxy) is 2. The minimum atomic E-state index is -0.310. The minimum absolute atomic E-state index is 0.218. The number of nitrogens with one attached hydrogen (secondary N) is 1. The van der Waals surface area contributed by atoms with E-state index in [0.717, 1.165) is 10.0 Å². The fourth-order valence-electron chi connectivity index (χ4n) is 2.42. The molecule has 1 aromatic carbocycles. The van der Waals surface area contributed by atoms with Crippen LogP contribution in [-0.4, -0.2) is 24.5 Å². The third-order valence-corrected chi connectivity index (χ3v) is 5.09. The van der Waals surface area contributed by atoms with Gasteiger partial charge in [-0.3, -0.25) is 9.59 Å². The smallest absolute Gasteiger partial charge is 0.266 e. The number of H-pyrrole nitrogens is 1. The average molecular weight is 450 g/mol. The molecule has 0 saturated carbocycles. The molecule has 3 rings (SSSR count). The van der Waals surface area contributed by atoms with Crippen molar-refractivity contribution in [2.45, 2.75) is 6.92 Å². The number of aromatic nitrogens is 1. The summed E-state index contributed by atoms with van der Waals surface area (Å²) in [6.07, 6.45) is 4.50. The van der Waals surface area contributed by atoms with Crippen LogP contribution in [-0.2, 0) is 0 Å². The van der Waals surface area contributed by atoms with Crippen molar-refractivity contribution in [2.24, 2.45) is 0 Å². The highest BCUT2D eigenvalue weighted by molar-refractivity contribution is 9.10. The summed E-state index contributed by atoms with van der Waals surface area (Å²) < 4.78 is 17.6. The average Bonchev–Trinajstić information content (AvgIpc) is 3.26. The van der Waals surface area contributed by atoms with Gasteiger partial charge in [0, 0.05) is 6.08 Å². The molecule has 0 saturated heterocycles. The summed E-state index contributed by atoms with van der Waals surface area (Å²) >= 11 is 4.64. The lowest BCUT2D eigenvalue weighted by atomic mass is 10.2. The van der Waals surface area contributed by atoms with E-state index < -0.39 is 0 Å². The molecule has 2 heterocycles. The fourth-order valence-corrected chi connectivity index (χ4v) is 3.92. The van der Waals surface area contributed by atoms with Gasteiger partial charge in [-0.05, 0) is 58.8 Å². The van der Waals surface area contributed by atoms with Crippen LogP contribution in [0.25, 0.3) is 12.2 Å². The van der Waals surface area contributed by atoms with E-state index in [9.17, 15) is 9.59 Å². The summed E-state index contributed by atoms with van der Waals surface area (Å²) in [5, 5.41) is 0. The summed E-state index contributed by atoms with van der Waals surface area (Å²) in [6.45, 7) is 2.37. The number of carbonyl (C=O) groups excluding carboxylic acids is 1. The maximum absolute atomic E-state index is 12.2. The zero-order chi connectivity index (χ0) is 19.4. The minimum Gasteiger partial charge on any atom is -0.492 e. The van der Waals surface area contributed by atoms with Crippen LogP contribution < -0.4 is 24.2 Å². The van der Waals surface area contributed by atoms with Gasteiger partial charge in [0.25, 0.3) is 5.56 Å². The van der Waals surface area contributed by atoms with Gasteiger partial charge in [0.05, 0.1) is 33.6 Å². The first kappa shape index (κ1) is 19.2. The number of benzene rings is 1. The van der Waals surface area contributed by atoms with E-state index in [2.05, 4.69) is 20.9 Å². The van der Waals surface area contributed by atoms with Crippen LogP contribution in [0, 0.1) is 0 Å². The number of rotatable bonds is 6. The van der Waals surface area contributed by atoms with E-state index in [1.807, 2.05) is 13.0 Å². The summed E-state index contributed by atoms with van der Waals surface area (Å²) in [5.41, 5.74) is 0.491. The van der Waals surface area contributed by atoms with Crippen LogP contribution in [0.1, 0.15) is 23.0 Å². The van der Waals surface area contributed by atoms with Crippen molar-refractivity contribution in [2.75, 3.05) is 13.7 Å². The molecule has 27 heavy (non-hydrogen) atoms. The van der Waals surface area contributed by atoms with Crippen molar-refractivity contribution in [1.82, 2.24) is 4.98 Å². The SMILES string of the molecule is CCOc1cc(/C=c2\s/c(=C\C(=O)c3ccco3)[nH]c2=O)cc(Br)c1OC. The van der Waals surface area contributed by atoms with Crippen molar-refractivity contribution in [3.63, 3.8) is 0 Å². The van der Waals surface area contributed by atoms with E-state index >= 15 is 0 Å². The zero-order valence-electron chi connectivity index (χ0n) is 14.6. The molecule has 0 radical (unpaired) electrons. The van der Waals surface area contributed by atoms with Crippen molar-refractivity contribution in [1.29, 1.82) is 0 Å². The molecule has 0 fully saturated rings. The summed E-state index contributed by atoms with van der Waals surface area (Å²) in [6, 6.07) is 6.83. The molecule has 0 spiro atoms. The van der Waals surface area contributed by atoms with Crippen LogP contribution in [0.15, 0.2) is 44.2 Å². The molecule has 0 atom stereocenters. The largest absolute Gasteiger partial charge is 0.492 e. The van der Waals surface area contributed by atoms with Crippen molar-refractivity contribution < 1.29 is 18.7 Å². The number of methoxy groups -OCH3 is 1. The van der Waals surface area contributed by atoms with E-state index in [1.165, 1.54) is 23.7 Å². The first-order valence-electron chi connectivity index (χ1n) is 8.02. The second-order valence-electron chi connectivity index (χ2n) is 5.38.